The van der Waals surface area contributed by atoms with E-state index in [0.29, 0.717) is 29.2 Å². The van der Waals surface area contributed by atoms with Crippen molar-refractivity contribution in [1.29, 1.82) is 0 Å². The van der Waals surface area contributed by atoms with Gasteiger partial charge in [-0.15, -0.1) is 11.3 Å². The third kappa shape index (κ3) is 2.74. The minimum absolute atomic E-state index is 0.158. The highest BCUT2D eigenvalue weighted by Gasteiger charge is 2.36. The fourth-order valence-corrected chi connectivity index (χ4v) is 3.99. The first-order valence-electron chi connectivity index (χ1n) is 7.41. The van der Waals surface area contributed by atoms with E-state index in [1.54, 1.807) is 7.11 Å². The van der Waals surface area contributed by atoms with Crippen molar-refractivity contribution in [1.82, 2.24) is 0 Å². The number of ether oxygens (including phenoxy) is 1. The van der Waals surface area contributed by atoms with Gasteiger partial charge in [-0.05, 0) is 32.6 Å². The van der Waals surface area contributed by atoms with E-state index in [-0.39, 0.29) is 11.7 Å². The quantitative estimate of drug-likeness (QED) is 0.835. The Balaban J connectivity index is 1.88. The average molecular weight is 310 g/mol. The molecule has 3 rings (SSSR count). The molecular formula is C15H22N2O3S. The minimum Gasteiger partial charge on any atom is -0.492 e. The predicted octanol–water partition coefficient (Wildman–Crippen LogP) is 2.28. The topological polar surface area (TPSA) is 75.8 Å². The lowest BCUT2D eigenvalue weighted by Crippen LogP contribution is -2.42. The Morgan fingerprint density at radius 1 is 1.43 bits per heavy atom. The zero-order valence-electron chi connectivity index (χ0n) is 12.5. The summed E-state index contributed by atoms with van der Waals surface area (Å²) in [6.45, 7) is 3.37. The summed E-state index contributed by atoms with van der Waals surface area (Å²) in [5, 5.41) is 11.0. The number of Topliss-reactive ketones (excluding diaryl/α,β-unsaturated/α-hetero) is 1. The lowest BCUT2D eigenvalue weighted by atomic mass is 9.94. The Hall–Kier alpha value is -1.27. The zero-order chi connectivity index (χ0) is 15.2. The highest BCUT2D eigenvalue weighted by molar-refractivity contribution is 7.19. The van der Waals surface area contributed by atoms with Crippen molar-refractivity contribution in [2.45, 2.75) is 38.2 Å². The molecule has 0 radical (unpaired) electrons. The smallest absolute Gasteiger partial charge is 0.178 e. The van der Waals surface area contributed by atoms with Crippen LogP contribution in [0.1, 0.15) is 42.3 Å². The first kappa shape index (κ1) is 14.7. The summed E-state index contributed by atoms with van der Waals surface area (Å²) < 4.78 is 5.44. The van der Waals surface area contributed by atoms with Crippen LogP contribution in [0.15, 0.2) is 0 Å². The molecule has 0 aromatic carbocycles. The van der Waals surface area contributed by atoms with Crippen LogP contribution in [-0.4, -0.2) is 36.7 Å². The number of hydrogen-bond acceptors (Lipinski definition) is 6. The maximum atomic E-state index is 12.3. The number of nitrogens with two attached hydrogens (primary N) is 1. The van der Waals surface area contributed by atoms with Crippen molar-refractivity contribution in [3.05, 3.63) is 4.88 Å². The van der Waals surface area contributed by atoms with E-state index in [4.69, 9.17) is 10.5 Å². The molecule has 6 heteroatoms. The largest absolute Gasteiger partial charge is 0.492 e. The third-order valence-corrected chi connectivity index (χ3v) is 5.65. The lowest BCUT2D eigenvalue weighted by Gasteiger charge is -2.36. The second kappa shape index (κ2) is 5.18. The zero-order valence-corrected chi connectivity index (χ0v) is 13.3. The third-order valence-electron chi connectivity index (χ3n) is 4.39. The number of hydrogen-bond donors (Lipinski definition) is 2. The predicted molar refractivity (Wildman–Crippen MR) is 84.4 cm³/mol. The fraction of sp³-hybridized carbons (Fsp3) is 0.667. The van der Waals surface area contributed by atoms with Crippen LogP contribution in [0.4, 0.5) is 10.7 Å². The molecule has 1 aliphatic heterocycles. The van der Waals surface area contributed by atoms with Gasteiger partial charge < -0.3 is 20.5 Å². The molecule has 0 unspecified atom stereocenters. The van der Waals surface area contributed by atoms with E-state index < -0.39 is 5.60 Å². The maximum absolute atomic E-state index is 12.3. The second-order valence-corrected chi connectivity index (χ2v) is 7.30. The highest BCUT2D eigenvalue weighted by atomic mass is 32.1. The molecule has 0 spiro atoms. The van der Waals surface area contributed by atoms with Crippen molar-refractivity contribution in [3.8, 4) is 5.75 Å². The molecule has 1 saturated carbocycles. The van der Waals surface area contributed by atoms with Crippen LogP contribution >= 0.6 is 11.3 Å². The number of anilines is 2. The van der Waals surface area contributed by atoms with Crippen LogP contribution in [0.3, 0.4) is 0 Å². The van der Waals surface area contributed by atoms with Gasteiger partial charge in [-0.2, -0.15) is 0 Å². The number of piperidine rings is 1. The Morgan fingerprint density at radius 2 is 2.05 bits per heavy atom. The van der Waals surface area contributed by atoms with Gasteiger partial charge in [0.25, 0.3) is 0 Å². The average Bonchev–Trinajstić information content (AvgIpc) is 3.23. The van der Waals surface area contributed by atoms with Gasteiger partial charge in [-0.1, -0.05) is 0 Å². The van der Waals surface area contributed by atoms with Crippen molar-refractivity contribution < 1.29 is 14.6 Å². The van der Waals surface area contributed by atoms with E-state index in [1.165, 1.54) is 11.3 Å². The Bertz CT molecular complexity index is 554. The molecule has 5 nitrogen and oxygen atoms in total. The number of rotatable bonds is 4. The van der Waals surface area contributed by atoms with Gasteiger partial charge in [0, 0.05) is 19.0 Å². The molecule has 2 fully saturated rings. The van der Waals surface area contributed by atoms with Gasteiger partial charge in [-0.25, -0.2) is 0 Å². The van der Waals surface area contributed by atoms with E-state index in [0.717, 1.165) is 30.9 Å². The number of ketones is 1. The fourth-order valence-electron chi connectivity index (χ4n) is 2.73. The first-order valence-corrected chi connectivity index (χ1v) is 8.22. The standard InChI is InChI=1S/C15H22N2O3S/c1-15(19)5-7-17(8-6-15)14-12(20-2)10(16)13(21-14)11(18)9-3-4-9/h9,19H,3-8,16H2,1-2H3. The summed E-state index contributed by atoms with van der Waals surface area (Å²) in [6, 6.07) is 0. The number of aliphatic hydroxyl groups is 1. The maximum Gasteiger partial charge on any atom is 0.178 e. The van der Waals surface area contributed by atoms with Crippen molar-refractivity contribution in [3.63, 3.8) is 0 Å². The summed E-state index contributed by atoms with van der Waals surface area (Å²) in [4.78, 5) is 15.1. The Morgan fingerprint density at radius 3 is 2.57 bits per heavy atom. The second-order valence-electron chi connectivity index (χ2n) is 6.31. The van der Waals surface area contributed by atoms with Crippen molar-refractivity contribution in [2.75, 3.05) is 30.8 Å². The van der Waals surface area contributed by atoms with E-state index in [2.05, 4.69) is 4.90 Å². The van der Waals surface area contributed by atoms with Gasteiger partial charge in [0.15, 0.2) is 11.5 Å². The van der Waals surface area contributed by atoms with Crippen LogP contribution in [-0.2, 0) is 0 Å². The number of thiophene rings is 1. The van der Waals surface area contributed by atoms with E-state index >= 15 is 0 Å². The molecule has 1 aromatic heterocycles. The summed E-state index contributed by atoms with van der Waals surface area (Å²) >= 11 is 1.44. The molecule has 116 valence electrons. The molecular weight excluding hydrogens is 288 g/mol. The monoisotopic (exact) mass is 310 g/mol. The molecule has 0 atom stereocenters. The normalized spacial score (nSPS) is 21.4. The van der Waals surface area contributed by atoms with E-state index in [1.807, 2.05) is 6.92 Å². The number of carbonyl (C=O) groups is 1. The first-order chi connectivity index (χ1) is 9.93. The van der Waals surface area contributed by atoms with E-state index in [9.17, 15) is 9.90 Å². The molecule has 2 heterocycles. The molecule has 1 saturated heterocycles. The molecule has 2 aliphatic rings. The van der Waals surface area contributed by atoms with Crippen LogP contribution < -0.4 is 15.4 Å². The highest BCUT2D eigenvalue weighted by Crippen LogP contribution is 2.48. The van der Waals surface area contributed by atoms with Gasteiger partial charge in [0.05, 0.1) is 23.3 Å². The van der Waals surface area contributed by atoms with Crippen LogP contribution in [0, 0.1) is 5.92 Å². The molecule has 0 bridgehead atoms. The number of carbonyl (C=O) groups excluding carboxylic acids is 1. The molecule has 3 N–H and O–H groups in total. The van der Waals surface area contributed by atoms with Gasteiger partial charge in [-0.3, -0.25) is 4.79 Å². The van der Waals surface area contributed by atoms with Crippen LogP contribution in [0.25, 0.3) is 0 Å². The van der Waals surface area contributed by atoms with Gasteiger partial charge >= 0.3 is 0 Å². The molecule has 0 amide bonds. The lowest BCUT2D eigenvalue weighted by molar-refractivity contribution is 0.0352. The molecule has 1 aromatic rings. The number of methoxy groups -OCH3 is 1. The summed E-state index contributed by atoms with van der Waals surface area (Å²) in [5.74, 6) is 0.933. The van der Waals surface area contributed by atoms with Crippen LogP contribution in [0.2, 0.25) is 0 Å². The molecule has 21 heavy (non-hydrogen) atoms. The van der Waals surface area contributed by atoms with Crippen molar-refractivity contribution >= 4 is 27.8 Å². The summed E-state index contributed by atoms with van der Waals surface area (Å²) in [6.07, 6.45) is 3.36. The van der Waals surface area contributed by atoms with Crippen molar-refractivity contribution in [2.24, 2.45) is 5.92 Å². The Kier molecular flexibility index (Phi) is 3.61. The minimum atomic E-state index is -0.598. The van der Waals surface area contributed by atoms with Gasteiger partial charge in [0.2, 0.25) is 0 Å². The van der Waals surface area contributed by atoms with Gasteiger partial charge in [0.1, 0.15) is 5.00 Å². The summed E-state index contributed by atoms with van der Waals surface area (Å²) in [5.41, 5.74) is 6.01. The SMILES string of the molecule is COc1c(N2CCC(C)(O)CC2)sc(C(=O)C2CC2)c1N. The molecule has 1 aliphatic carbocycles. The van der Waals surface area contributed by atoms with Crippen LogP contribution in [0.5, 0.6) is 5.75 Å². The number of nitrogens with zero attached hydrogens (tertiary/aromatic N) is 1. The summed E-state index contributed by atoms with van der Waals surface area (Å²) in [7, 11) is 1.59. The number of nitrogen functional groups attached to an aromatic ring is 1. The Labute approximate surface area is 128 Å².